The summed E-state index contributed by atoms with van der Waals surface area (Å²) >= 11 is 0. The summed E-state index contributed by atoms with van der Waals surface area (Å²) in [5.41, 5.74) is 10.0. The topological polar surface area (TPSA) is 63.3 Å². The lowest BCUT2D eigenvalue weighted by molar-refractivity contribution is -0.138. The van der Waals surface area contributed by atoms with Crippen molar-refractivity contribution in [2.24, 2.45) is 5.73 Å². The van der Waals surface area contributed by atoms with Gasteiger partial charge in [-0.15, -0.1) is 0 Å². The molecule has 0 amide bonds. The van der Waals surface area contributed by atoms with E-state index in [4.69, 9.17) is 5.73 Å². The molecule has 104 valence electrons. The van der Waals surface area contributed by atoms with Crippen LogP contribution >= 0.6 is 0 Å². The highest BCUT2D eigenvalue weighted by Crippen LogP contribution is 2.26. The van der Waals surface area contributed by atoms with Crippen molar-refractivity contribution >= 4 is 5.97 Å². The molecule has 0 saturated carbocycles. The molecule has 0 aliphatic rings. The average Bonchev–Trinajstić information content (AvgIpc) is 2.47. The number of benzene rings is 2. The molecule has 0 bridgehead atoms. The second-order valence-corrected chi connectivity index (χ2v) is 5.06. The van der Waals surface area contributed by atoms with Crippen LogP contribution in [0.5, 0.6) is 0 Å². The SMILES string of the molecule is Cc1ccc(C(N)c2ccccc2)cc1C(C)C(=O)O. The maximum atomic E-state index is 11.2. The number of hydrogen-bond donors (Lipinski definition) is 2. The van der Waals surface area contributed by atoms with E-state index in [1.54, 1.807) is 6.92 Å². The summed E-state index contributed by atoms with van der Waals surface area (Å²) in [5, 5.41) is 9.18. The van der Waals surface area contributed by atoms with Gasteiger partial charge >= 0.3 is 5.97 Å². The minimum Gasteiger partial charge on any atom is -0.481 e. The molecule has 2 atom stereocenters. The molecule has 0 heterocycles. The molecule has 3 heteroatoms. The molecule has 0 fully saturated rings. The zero-order valence-corrected chi connectivity index (χ0v) is 11.7. The summed E-state index contributed by atoms with van der Waals surface area (Å²) in [6, 6.07) is 15.4. The lowest BCUT2D eigenvalue weighted by Gasteiger charge is -2.17. The van der Waals surface area contributed by atoms with E-state index in [1.165, 1.54) is 0 Å². The smallest absolute Gasteiger partial charge is 0.310 e. The van der Waals surface area contributed by atoms with Crippen LogP contribution in [0.2, 0.25) is 0 Å². The fourth-order valence-electron chi connectivity index (χ4n) is 2.30. The average molecular weight is 269 g/mol. The number of aliphatic carboxylic acids is 1. The fraction of sp³-hybridized carbons (Fsp3) is 0.235. The molecule has 2 aromatic rings. The molecule has 0 aromatic heterocycles. The summed E-state index contributed by atoms with van der Waals surface area (Å²) in [6.45, 7) is 3.62. The quantitative estimate of drug-likeness (QED) is 0.895. The zero-order valence-electron chi connectivity index (χ0n) is 11.7. The van der Waals surface area contributed by atoms with Crippen molar-refractivity contribution in [3.8, 4) is 0 Å². The number of carboxylic acids is 1. The van der Waals surface area contributed by atoms with Crippen molar-refractivity contribution in [3.63, 3.8) is 0 Å². The van der Waals surface area contributed by atoms with Crippen molar-refractivity contribution in [2.75, 3.05) is 0 Å². The van der Waals surface area contributed by atoms with Crippen LogP contribution in [0.15, 0.2) is 48.5 Å². The van der Waals surface area contributed by atoms with Gasteiger partial charge in [0.15, 0.2) is 0 Å². The molecule has 0 aliphatic heterocycles. The minimum atomic E-state index is -0.821. The highest BCUT2D eigenvalue weighted by atomic mass is 16.4. The van der Waals surface area contributed by atoms with E-state index in [2.05, 4.69) is 0 Å². The Bertz CT molecular complexity index is 608. The van der Waals surface area contributed by atoms with Crippen LogP contribution in [0.4, 0.5) is 0 Å². The molecule has 2 unspecified atom stereocenters. The third kappa shape index (κ3) is 2.89. The summed E-state index contributed by atoms with van der Waals surface area (Å²) < 4.78 is 0. The second-order valence-electron chi connectivity index (χ2n) is 5.06. The summed E-state index contributed by atoms with van der Waals surface area (Å²) in [6.07, 6.45) is 0. The van der Waals surface area contributed by atoms with Crippen LogP contribution in [-0.2, 0) is 4.79 Å². The summed E-state index contributed by atoms with van der Waals surface area (Å²) in [7, 11) is 0. The maximum absolute atomic E-state index is 11.2. The number of carboxylic acid groups (broad SMARTS) is 1. The van der Waals surface area contributed by atoms with Gasteiger partial charge in [0, 0.05) is 0 Å². The van der Waals surface area contributed by atoms with Gasteiger partial charge in [0.25, 0.3) is 0 Å². The predicted molar refractivity (Wildman–Crippen MR) is 79.7 cm³/mol. The number of carbonyl (C=O) groups is 1. The van der Waals surface area contributed by atoms with Crippen molar-refractivity contribution in [3.05, 3.63) is 70.8 Å². The zero-order chi connectivity index (χ0) is 14.7. The molecular formula is C17H19NO2. The highest BCUT2D eigenvalue weighted by molar-refractivity contribution is 5.76. The van der Waals surface area contributed by atoms with E-state index in [0.717, 1.165) is 22.3 Å². The molecular weight excluding hydrogens is 250 g/mol. The minimum absolute atomic E-state index is 0.239. The Kier molecular flexibility index (Phi) is 4.20. The normalized spacial score (nSPS) is 13.8. The Balaban J connectivity index is 2.39. The number of aryl methyl sites for hydroxylation is 1. The van der Waals surface area contributed by atoms with E-state index >= 15 is 0 Å². The van der Waals surface area contributed by atoms with E-state index in [-0.39, 0.29) is 6.04 Å². The van der Waals surface area contributed by atoms with Crippen molar-refractivity contribution < 1.29 is 9.90 Å². The van der Waals surface area contributed by atoms with E-state index in [1.807, 2.05) is 55.5 Å². The molecule has 2 aromatic carbocycles. The molecule has 0 radical (unpaired) electrons. The number of rotatable bonds is 4. The van der Waals surface area contributed by atoms with Crippen LogP contribution in [0.1, 0.15) is 41.1 Å². The lowest BCUT2D eigenvalue weighted by atomic mass is 9.91. The molecule has 3 N–H and O–H groups in total. The number of hydrogen-bond acceptors (Lipinski definition) is 2. The van der Waals surface area contributed by atoms with Gasteiger partial charge in [-0.1, -0.05) is 48.5 Å². The third-order valence-electron chi connectivity index (χ3n) is 3.66. The van der Waals surface area contributed by atoms with Gasteiger partial charge in [-0.2, -0.15) is 0 Å². The first kappa shape index (κ1) is 14.3. The second kappa shape index (κ2) is 5.88. The Morgan fingerprint density at radius 3 is 2.35 bits per heavy atom. The van der Waals surface area contributed by atoms with E-state index in [9.17, 15) is 9.90 Å². The van der Waals surface area contributed by atoms with Crippen LogP contribution in [0, 0.1) is 6.92 Å². The van der Waals surface area contributed by atoms with Crippen LogP contribution in [-0.4, -0.2) is 11.1 Å². The molecule has 0 aliphatic carbocycles. The van der Waals surface area contributed by atoms with Gasteiger partial charge < -0.3 is 10.8 Å². The molecule has 2 rings (SSSR count). The fourth-order valence-corrected chi connectivity index (χ4v) is 2.30. The van der Waals surface area contributed by atoms with Gasteiger partial charge in [0.05, 0.1) is 12.0 Å². The standard InChI is InChI=1S/C17H19NO2/c1-11-8-9-14(10-15(11)12(2)17(19)20)16(18)13-6-4-3-5-7-13/h3-10,12,16H,18H2,1-2H3,(H,19,20). The van der Waals surface area contributed by atoms with Gasteiger partial charge in [-0.25, -0.2) is 0 Å². The van der Waals surface area contributed by atoms with Crippen LogP contribution in [0.3, 0.4) is 0 Å². The lowest BCUT2D eigenvalue weighted by Crippen LogP contribution is -2.14. The first-order valence-electron chi connectivity index (χ1n) is 6.64. The van der Waals surface area contributed by atoms with Crippen molar-refractivity contribution in [1.82, 2.24) is 0 Å². The Morgan fingerprint density at radius 1 is 1.10 bits per heavy atom. The largest absolute Gasteiger partial charge is 0.481 e. The highest BCUT2D eigenvalue weighted by Gasteiger charge is 2.18. The van der Waals surface area contributed by atoms with Crippen LogP contribution < -0.4 is 5.73 Å². The van der Waals surface area contributed by atoms with Crippen LogP contribution in [0.25, 0.3) is 0 Å². The molecule has 20 heavy (non-hydrogen) atoms. The predicted octanol–water partition coefficient (Wildman–Crippen LogP) is 3.23. The van der Waals surface area contributed by atoms with Gasteiger partial charge in [0.1, 0.15) is 0 Å². The molecule has 0 spiro atoms. The van der Waals surface area contributed by atoms with Crippen molar-refractivity contribution in [1.29, 1.82) is 0 Å². The van der Waals surface area contributed by atoms with E-state index in [0.29, 0.717) is 0 Å². The third-order valence-corrected chi connectivity index (χ3v) is 3.66. The van der Waals surface area contributed by atoms with Crippen molar-refractivity contribution in [2.45, 2.75) is 25.8 Å². The first-order chi connectivity index (χ1) is 9.50. The molecule has 0 saturated heterocycles. The Morgan fingerprint density at radius 2 is 1.75 bits per heavy atom. The Labute approximate surface area is 119 Å². The van der Waals surface area contributed by atoms with Gasteiger partial charge in [-0.3, -0.25) is 4.79 Å². The first-order valence-corrected chi connectivity index (χ1v) is 6.64. The van der Waals surface area contributed by atoms with Gasteiger partial charge in [-0.05, 0) is 36.1 Å². The Hall–Kier alpha value is -2.13. The monoisotopic (exact) mass is 269 g/mol. The van der Waals surface area contributed by atoms with Gasteiger partial charge in [0.2, 0.25) is 0 Å². The summed E-state index contributed by atoms with van der Waals surface area (Å²) in [4.78, 5) is 11.2. The number of nitrogens with two attached hydrogens (primary N) is 1. The molecule has 3 nitrogen and oxygen atoms in total. The summed E-state index contributed by atoms with van der Waals surface area (Å²) in [5.74, 6) is -1.35. The van der Waals surface area contributed by atoms with E-state index < -0.39 is 11.9 Å². The maximum Gasteiger partial charge on any atom is 0.310 e.